The Morgan fingerprint density at radius 2 is 2.10 bits per heavy atom. The number of nitrogens with two attached hydrogens (primary N) is 1. The number of pyridine rings is 1. The summed E-state index contributed by atoms with van der Waals surface area (Å²) in [6.07, 6.45) is 3.53. The second-order valence-electron chi connectivity index (χ2n) is 4.52. The summed E-state index contributed by atoms with van der Waals surface area (Å²) in [4.78, 5) is 5.34. The number of rotatable bonds is 5. The Bertz CT molecular complexity index is 590. The molecule has 0 bridgehead atoms. The molecule has 0 aliphatic rings. The smallest absolute Gasteiger partial charge is 0.104 e. The topological polar surface area (TPSA) is 38.9 Å². The maximum absolute atomic E-state index is 6.20. The molecule has 0 saturated carbocycles. The Labute approximate surface area is 133 Å². The Hall–Kier alpha value is -0.740. The van der Waals surface area contributed by atoms with E-state index >= 15 is 0 Å². The Kier molecular flexibility index (Phi) is 5.73. The fraction of sp³-hybridized carbons (Fsp3) is 0.267. The predicted molar refractivity (Wildman–Crippen MR) is 86.8 cm³/mol. The first-order valence-electron chi connectivity index (χ1n) is 6.42. The molecule has 1 aromatic heterocycles. The van der Waals surface area contributed by atoms with Crippen LogP contribution in [0.15, 0.2) is 46.5 Å². The quantitative estimate of drug-likeness (QED) is 0.856. The average molecular weight is 327 g/mol. The zero-order valence-corrected chi connectivity index (χ0v) is 13.5. The van der Waals surface area contributed by atoms with Crippen LogP contribution in [0.5, 0.6) is 0 Å². The third-order valence-electron chi connectivity index (χ3n) is 2.96. The maximum Gasteiger partial charge on any atom is 0.104 e. The highest BCUT2D eigenvalue weighted by molar-refractivity contribution is 7.99. The first-order valence-corrected chi connectivity index (χ1v) is 7.99. The zero-order valence-electron chi connectivity index (χ0n) is 11.1. The predicted octanol–water partition coefficient (Wildman–Crippen LogP) is 4.82. The molecule has 0 radical (unpaired) electrons. The molecule has 20 heavy (non-hydrogen) atoms. The summed E-state index contributed by atoms with van der Waals surface area (Å²) in [5, 5.41) is 2.27. The Balaban J connectivity index is 2.27. The second-order valence-corrected chi connectivity index (χ2v) is 6.39. The van der Waals surface area contributed by atoms with Crippen molar-refractivity contribution in [2.75, 3.05) is 0 Å². The van der Waals surface area contributed by atoms with Gasteiger partial charge in [0.25, 0.3) is 0 Å². The van der Waals surface area contributed by atoms with E-state index in [0.717, 1.165) is 28.3 Å². The molecule has 1 aromatic carbocycles. The minimum Gasteiger partial charge on any atom is -0.327 e. The van der Waals surface area contributed by atoms with Crippen molar-refractivity contribution >= 4 is 35.0 Å². The summed E-state index contributed by atoms with van der Waals surface area (Å²) in [6.45, 7) is 2.09. The lowest BCUT2D eigenvalue weighted by molar-refractivity contribution is 0.637. The highest BCUT2D eigenvalue weighted by Crippen LogP contribution is 2.35. The lowest BCUT2D eigenvalue weighted by atomic mass is 10.1. The molecule has 1 heterocycles. The third-order valence-corrected chi connectivity index (χ3v) is 4.75. The van der Waals surface area contributed by atoms with E-state index in [9.17, 15) is 0 Å². The highest BCUT2D eigenvalue weighted by atomic mass is 35.5. The van der Waals surface area contributed by atoms with Crippen LogP contribution in [0.2, 0.25) is 10.0 Å². The van der Waals surface area contributed by atoms with Crippen LogP contribution in [0, 0.1) is 0 Å². The van der Waals surface area contributed by atoms with Crippen molar-refractivity contribution in [1.82, 2.24) is 4.98 Å². The minimum absolute atomic E-state index is 0.147. The average Bonchev–Trinajstić information content (AvgIpc) is 2.44. The zero-order chi connectivity index (χ0) is 14.5. The van der Waals surface area contributed by atoms with Gasteiger partial charge in [0.1, 0.15) is 5.03 Å². The van der Waals surface area contributed by atoms with Crippen molar-refractivity contribution in [2.24, 2.45) is 5.73 Å². The van der Waals surface area contributed by atoms with E-state index in [1.54, 1.807) is 18.3 Å². The summed E-state index contributed by atoms with van der Waals surface area (Å²) in [5.74, 6) is 0. The molecule has 1 unspecified atom stereocenters. The van der Waals surface area contributed by atoms with E-state index < -0.39 is 0 Å². The summed E-state index contributed by atoms with van der Waals surface area (Å²) in [7, 11) is 0. The number of hydrogen-bond acceptors (Lipinski definition) is 3. The summed E-state index contributed by atoms with van der Waals surface area (Å²) in [6, 6.07) is 9.57. The van der Waals surface area contributed by atoms with Crippen molar-refractivity contribution < 1.29 is 0 Å². The largest absolute Gasteiger partial charge is 0.327 e. The van der Waals surface area contributed by atoms with Gasteiger partial charge in [-0.05, 0) is 42.7 Å². The van der Waals surface area contributed by atoms with Gasteiger partial charge in [0.05, 0.1) is 5.02 Å². The number of halogens is 2. The number of benzene rings is 1. The lowest BCUT2D eigenvalue weighted by Crippen LogP contribution is -2.21. The molecule has 2 rings (SSSR count). The normalized spacial score (nSPS) is 12.4. The van der Waals surface area contributed by atoms with Gasteiger partial charge in [-0.25, -0.2) is 4.98 Å². The van der Waals surface area contributed by atoms with Gasteiger partial charge in [-0.1, -0.05) is 48.0 Å². The van der Waals surface area contributed by atoms with E-state index in [1.165, 1.54) is 11.8 Å². The Morgan fingerprint density at radius 1 is 1.30 bits per heavy atom. The molecular formula is C15H16Cl2N2S. The van der Waals surface area contributed by atoms with Gasteiger partial charge >= 0.3 is 0 Å². The minimum atomic E-state index is 0.147. The maximum atomic E-state index is 6.20. The van der Waals surface area contributed by atoms with Crippen LogP contribution < -0.4 is 5.73 Å². The van der Waals surface area contributed by atoms with Gasteiger partial charge in [0.15, 0.2) is 0 Å². The van der Waals surface area contributed by atoms with Crippen molar-refractivity contribution in [3.63, 3.8) is 0 Å². The third kappa shape index (κ3) is 4.13. The molecule has 106 valence electrons. The summed E-state index contributed by atoms with van der Waals surface area (Å²) < 4.78 is 0. The van der Waals surface area contributed by atoms with Gasteiger partial charge in [-0.3, -0.25) is 0 Å². The van der Waals surface area contributed by atoms with Crippen LogP contribution in [-0.4, -0.2) is 11.0 Å². The monoisotopic (exact) mass is 326 g/mol. The van der Waals surface area contributed by atoms with Crippen LogP contribution in [0.1, 0.15) is 18.9 Å². The van der Waals surface area contributed by atoms with Crippen molar-refractivity contribution in [2.45, 2.75) is 35.7 Å². The molecule has 1 atom stereocenters. The van der Waals surface area contributed by atoms with Crippen molar-refractivity contribution in [3.8, 4) is 0 Å². The Morgan fingerprint density at radius 3 is 2.85 bits per heavy atom. The molecule has 0 spiro atoms. The van der Waals surface area contributed by atoms with E-state index in [1.807, 2.05) is 12.1 Å². The first-order chi connectivity index (χ1) is 9.60. The van der Waals surface area contributed by atoms with Gasteiger partial charge in [-0.15, -0.1) is 0 Å². The van der Waals surface area contributed by atoms with E-state index in [4.69, 9.17) is 28.9 Å². The fourth-order valence-corrected chi connectivity index (χ4v) is 3.18. The van der Waals surface area contributed by atoms with Gasteiger partial charge in [-0.2, -0.15) is 0 Å². The van der Waals surface area contributed by atoms with Crippen molar-refractivity contribution in [3.05, 3.63) is 52.1 Å². The highest BCUT2D eigenvalue weighted by Gasteiger charge is 2.11. The van der Waals surface area contributed by atoms with Crippen LogP contribution in [-0.2, 0) is 6.42 Å². The first kappa shape index (κ1) is 15.6. The van der Waals surface area contributed by atoms with Gasteiger partial charge in [0, 0.05) is 22.2 Å². The lowest BCUT2D eigenvalue weighted by Gasteiger charge is -2.12. The summed E-state index contributed by atoms with van der Waals surface area (Å²) in [5.41, 5.74) is 7.18. The summed E-state index contributed by atoms with van der Waals surface area (Å²) >= 11 is 13.7. The van der Waals surface area contributed by atoms with Gasteiger partial charge < -0.3 is 5.73 Å². The number of hydrogen-bond donors (Lipinski definition) is 1. The molecule has 5 heteroatoms. The van der Waals surface area contributed by atoms with E-state index in [-0.39, 0.29) is 6.04 Å². The molecule has 0 aliphatic carbocycles. The van der Waals surface area contributed by atoms with Crippen LogP contribution >= 0.6 is 35.0 Å². The standard InChI is InChI=1S/C15H16Cl2N2S/c1-2-12(18)8-10-4-3-7-19-15(10)20-14-9-11(16)5-6-13(14)17/h3-7,9,12H,2,8,18H2,1H3. The molecular weight excluding hydrogens is 311 g/mol. The number of aromatic nitrogens is 1. The number of nitrogens with zero attached hydrogens (tertiary/aromatic N) is 1. The fourth-order valence-electron chi connectivity index (χ4n) is 1.76. The van der Waals surface area contributed by atoms with Crippen LogP contribution in [0.3, 0.4) is 0 Å². The molecule has 2 aromatic rings. The second kappa shape index (κ2) is 7.32. The molecule has 2 nitrogen and oxygen atoms in total. The SMILES string of the molecule is CCC(N)Cc1cccnc1Sc1cc(Cl)ccc1Cl. The van der Waals surface area contributed by atoms with E-state index in [0.29, 0.717) is 10.0 Å². The van der Waals surface area contributed by atoms with Crippen molar-refractivity contribution in [1.29, 1.82) is 0 Å². The molecule has 0 aliphatic heterocycles. The molecule has 0 amide bonds. The van der Waals surface area contributed by atoms with Crippen LogP contribution in [0.25, 0.3) is 0 Å². The molecule has 0 saturated heterocycles. The van der Waals surface area contributed by atoms with Gasteiger partial charge in [0.2, 0.25) is 0 Å². The van der Waals surface area contributed by atoms with Crippen LogP contribution in [0.4, 0.5) is 0 Å². The molecule has 2 N–H and O–H groups in total. The molecule has 0 fully saturated rings. The van der Waals surface area contributed by atoms with E-state index in [2.05, 4.69) is 18.0 Å².